The first-order valence-electron chi connectivity index (χ1n) is 5.27. The van der Waals surface area contributed by atoms with E-state index >= 15 is 0 Å². The second-order valence-corrected chi connectivity index (χ2v) is 5.33. The number of aromatic nitrogens is 2. The molecule has 3 nitrogen and oxygen atoms in total. The summed E-state index contributed by atoms with van der Waals surface area (Å²) in [7, 11) is 4.15. The highest BCUT2D eigenvalue weighted by molar-refractivity contribution is 9.10. The van der Waals surface area contributed by atoms with Gasteiger partial charge in [-0.15, -0.1) is 0 Å². The standard InChI is InChI=1S/C12H16BrN3/c1-8-5-10(13)6-16-11(7-15(3)4)9(2)14-12(8)16/h5-6H,7H2,1-4H3. The van der Waals surface area contributed by atoms with Gasteiger partial charge in [-0.3, -0.25) is 0 Å². The lowest BCUT2D eigenvalue weighted by Gasteiger charge is -2.10. The molecule has 0 atom stereocenters. The van der Waals surface area contributed by atoms with Gasteiger partial charge < -0.3 is 9.30 Å². The van der Waals surface area contributed by atoms with Crippen LogP contribution in [0.2, 0.25) is 0 Å². The third-order valence-corrected chi connectivity index (χ3v) is 3.07. The summed E-state index contributed by atoms with van der Waals surface area (Å²) in [6.07, 6.45) is 2.08. The highest BCUT2D eigenvalue weighted by Gasteiger charge is 2.11. The Bertz CT molecular complexity index is 529. The van der Waals surface area contributed by atoms with Crippen molar-refractivity contribution >= 4 is 21.6 Å². The molecular weight excluding hydrogens is 266 g/mol. The summed E-state index contributed by atoms with van der Waals surface area (Å²) in [4.78, 5) is 6.78. The average Bonchev–Trinajstić information content (AvgIpc) is 2.45. The molecule has 2 aromatic rings. The zero-order chi connectivity index (χ0) is 11.9. The number of hydrogen-bond donors (Lipinski definition) is 0. The van der Waals surface area contributed by atoms with E-state index < -0.39 is 0 Å². The van der Waals surface area contributed by atoms with E-state index in [1.807, 2.05) is 0 Å². The molecule has 2 heterocycles. The van der Waals surface area contributed by atoms with E-state index in [4.69, 9.17) is 0 Å². The Labute approximate surface area is 104 Å². The fraction of sp³-hybridized carbons (Fsp3) is 0.417. The van der Waals surface area contributed by atoms with Crippen LogP contribution in [0.15, 0.2) is 16.7 Å². The quantitative estimate of drug-likeness (QED) is 0.844. The Kier molecular flexibility index (Phi) is 3.04. The lowest BCUT2D eigenvalue weighted by Crippen LogP contribution is -2.13. The Morgan fingerprint density at radius 1 is 1.38 bits per heavy atom. The van der Waals surface area contributed by atoms with Crippen LogP contribution in [0, 0.1) is 13.8 Å². The maximum atomic E-state index is 4.62. The van der Waals surface area contributed by atoms with Crippen LogP contribution in [-0.4, -0.2) is 28.4 Å². The maximum Gasteiger partial charge on any atom is 0.140 e. The lowest BCUT2D eigenvalue weighted by molar-refractivity contribution is 0.394. The Hall–Kier alpha value is -0.870. The Balaban J connectivity index is 2.68. The smallest absolute Gasteiger partial charge is 0.140 e. The zero-order valence-corrected chi connectivity index (χ0v) is 11.7. The van der Waals surface area contributed by atoms with Crippen LogP contribution in [0.5, 0.6) is 0 Å². The highest BCUT2D eigenvalue weighted by Crippen LogP contribution is 2.20. The van der Waals surface area contributed by atoms with Crippen molar-refractivity contribution < 1.29 is 0 Å². The molecule has 2 aromatic heterocycles. The molecule has 0 bridgehead atoms. The van der Waals surface area contributed by atoms with Gasteiger partial charge in [0, 0.05) is 17.2 Å². The Morgan fingerprint density at radius 2 is 2.06 bits per heavy atom. The summed E-state index contributed by atoms with van der Waals surface area (Å²) >= 11 is 3.53. The van der Waals surface area contributed by atoms with Gasteiger partial charge in [-0.2, -0.15) is 0 Å². The van der Waals surface area contributed by atoms with E-state index in [9.17, 15) is 0 Å². The minimum absolute atomic E-state index is 0.906. The summed E-state index contributed by atoms with van der Waals surface area (Å²) in [5.74, 6) is 0. The molecule has 0 amide bonds. The predicted molar refractivity (Wildman–Crippen MR) is 69.8 cm³/mol. The van der Waals surface area contributed by atoms with Crippen LogP contribution in [0.3, 0.4) is 0 Å². The van der Waals surface area contributed by atoms with Gasteiger partial charge >= 0.3 is 0 Å². The van der Waals surface area contributed by atoms with Gasteiger partial charge in [0.2, 0.25) is 0 Å². The minimum atomic E-state index is 0.906. The van der Waals surface area contributed by atoms with Crippen molar-refractivity contribution in [3.8, 4) is 0 Å². The van der Waals surface area contributed by atoms with Gasteiger partial charge in [-0.1, -0.05) is 0 Å². The number of pyridine rings is 1. The lowest BCUT2D eigenvalue weighted by atomic mass is 10.3. The molecule has 0 fully saturated rings. The molecule has 0 radical (unpaired) electrons. The number of fused-ring (bicyclic) bond motifs is 1. The fourth-order valence-corrected chi connectivity index (χ4v) is 2.47. The van der Waals surface area contributed by atoms with E-state index in [2.05, 4.69) is 70.4 Å². The van der Waals surface area contributed by atoms with Gasteiger partial charge in [0.15, 0.2) is 0 Å². The molecule has 0 aliphatic heterocycles. The van der Waals surface area contributed by atoms with Crippen LogP contribution >= 0.6 is 15.9 Å². The van der Waals surface area contributed by atoms with Crippen molar-refractivity contribution in [1.29, 1.82) is 0 Å². The number of halogens is 1. The highest BCUT2D eigenvalue weighted by atomic mass is 79.9. The molecule has 4 heteroatoms. The summed E-state index contributed by atoms with van der Waals surface area (Å²) < 4.78 is 3.27. The van der Waals surface area contributed by atoms with Crippen LogP contribution in [0.4, 0.5) is 0 Å². The number of hydrogen-bond acceptors (Lipinski definition) is 2. The van der Waals surface area contributed by atoms with E-state index in [1.165, 1.54) is 11.3 Å². The van der Waals surface area contributed by atoms with Crippen molar-refractivity contribution in [1.82, 2.24) is 14.3 Å². The van der Waals surface area contributed by atoms with Gasteiger partial charge in [0.1, 0.15) is 5.65 Å². The third kappa shape index (κ3) is 1.99. The van der Waals surface area contributed by atoms with E-state index in [-0.39, 0.29) is 0 Å². The Morgan fingerprint density at radius 3 is 2.69 bits per heavy atom. The molecule has 0 N–H and O–H groups in total. The van der Waals surface area contributed by atoms with Crippen LogP contribution < -0.4 is 0 Å². The van der Waals surface area contributed by atoms with Crippen molar-refractivity contribution in [2.45, 2.75) is 20.4 Å². The first kappa shape index (κ1) is 11.6. The van der Waals surface area contributed by atoms with Crippen LogP contribution in [-0.2, 0) is 6.54 Å². The summed E-state index contributed by atoms with van der Waals surface area (Å²) in [5.41, 5.74) is 4.61. The number of aryl methyl sites for hydroxylation is 2. The molecular formula is C12H16BrN3. The van der Waals surface area contributed by atoms with Crippen molar-refractivity contribution in [3.63, 3.8) is 0 Å². The zero-order valence-electron chi connectivity index (χ0n) is 10.1. The fourth-order valence-electron chi connectivity index (χ4n) is 1.92. The molecule has 0 saturated carbocycles. The number of imidazole rings is 1. The molecule has 0 unspecified atom stereocenters. The molecule has 0 aromatic carbocycles. The maximum absolute atomic E-state index is 4.62. The average molecular weight is 282 g/mol. The van der Waals surface area contributed by atoms with Crippen LogP contribution in [0.25, 0.3) is 5.65 Å². The first-order valence-corrected chi connectivity index (χ1v) is 6.06. The normalized spacial score (nSPS) is 11.6. The van der Waals surface area contributed by atoms with E-state index in [1.54, 1.807) is 0 Å². The minimum Gasteiger partial charge on any atom is -0.304 e. The van der Waals surface area contributed by atoms with Gasteiger partial charge in [0.25, 0.3) is 0 Å². The second-order valence-electron chi connectivity index (χ2n) is 4.42. The summed E-state index contributed by atoms with van der Waals surface area (Å²) in [5, 5.41) is 0. The molecule has 0 saturated heterocycles. The second kappa shape index (κ2) is 4.18. The molecule has 86 valence electrons. The molecule has 0 aliphatic rings. The molecule has 0 spiro atoms. The SMILES string of the molecule is Cc1nc2c(C)cc(Br)cn2c1CN(C)C. The van der Waals surface area contributed by atoms with Crippen molar-refractivity contribution in [2.75, 3.05) is 14.1 Å². The first-order chi connectivity index (χ1) is 7.49. The third-order valence-electron chi connectivity index (χ3n) is 2.64. The number of nitrogens with zero attached hydrogens (tertiary/aromatic N) is 3. The molecule has 16 heavy (non-hydrogen) atoms. The van der Waals surface area contributed by atoms with E-state index in [0.29, 0.717) is 0 Å². The molecule has 0 aliphatic carbocycles. The van der Waals surface area contributed by atoms with Gasteiger partial charge in [-0.05, 0) is 55.5 Å². The van der Waals surface area contributed by atoms with Crippen molar-refractivity contribution in [3.05, 3.63) is 33.7 Å². The topological polar surface area (TPSA) is 20.5 Å². The van der Waals surface area contributed by atoms with Gasteiger partial charge in [-0.25, -0.2) is 4.98 Å². The molecule has 2 rings (SSSR count). The number of rotatable bonds is 2. The van der Waals surface area contributed by atoms with Crippen LogP contribution in [0.1, 0.15) is 17.0 Å². The van der Waals surface area contributed by atoms with Crippen molar-refractivity contribution in [2.24, 2.45) is 0 Å². The van der Waals surface area contributed by atoms with E-state index in [0.717, 1.165) is 22.4 Å². The summed E-state index contributed by atoms with van der Waals surface area (Å²) in [6.45, 7) is 5.06. The summed E-state index contributed by atoms with van der Waals surface area (Å²) in [6, 6.07) is 2.10. The predicted octanol–water partition coefficient (Wildman–Crippen LogP) is 2.78. The monoisotopic (exact) mass is 281 g/mol. The largest absolute Gasteiger partial charge is 0.304 e. The van der Waals surface area contributed by atoms with Gasteiger partial charge in [0.05, 0.1) is 11.4 Å².